The number of hydrogen-bond donors (Lipinski definition) is 0. The Morgan fingerprint density at radius 2 is 1.44 bits per heavy atom. The lowest BCUT2D eigenvalue weighted by molar-refractivity contribution is -0.125. The van der Waals surface area contributed by atoms with Gasteiger partial charge in [-0.3, -0.25) is 4.79 Å². The van der Waals surface area contributed by atoms with Crippen molar-refractivity contribution in [3.63, 3.8) is 0 Å². The van der Waals surface area contributed by atoms with Crippen molar-refractivity contribution in [1.29, 1.82) is 0 Å². The molecule has 0 aliphatic heterocycles. The van der Waals surface area contributed by atoms with Gasteiger partial charge in [0.15, 0.2) is 0 Å². The van der Waals surface area contributed by atoms with E-state index in [0.717, 1.165) is 36.1 Å². The average Bonchev–Trinajstić information content (AvgIpc) is 3.18. The first-order chi connectivity index (χ1) is 18.5. The Morgan fingerprint density at radius 3 is 1.92 bits per heavy atom. The molecule has 0 N–H and O–H groups in total. The van der Waals surface area contributed by atoms with Crippen LogP contribution in [0.3, 0.4) is 0 Å². The zero-order chi connectivity index (χ0) is 28.3. The Bertz CT molecular complexity index is 1240. The molecule has 4 heteroatoms. The number of hydrogen-bond acceptors (Lipinski definition) is 3. The minimum Gasteiger partial charge on any atom is -0.497 e. The van der Waals surface area contributed by atoms with E-state index in [1.54, 1.807) is 7.11 Å². The highest BCUT2D eigenvalue weighted by Gasteiger charge is 2.56. The van der Waals surface area contributed by atoms with E-state index in [9.17, 15) is 4.79 Å². The lowest BCUT2D eigenvalue weighted by Crippen LogP contribution is -2.66. The topological polar surface area (TPSA) is 35.5 Å². The van der Waals surface area contributed by atoms with Gasteiger partial charge in [-0.2, -0.15) is 0 Å². The van der Waals surface area contributed by atoms with Crippen LogP contribution in [0, 0.1) is 10.8 Å². The van der Waals surface area contributed by atoms with Gasteiger partial charge in [-0.05, 0) is 70.3 Å². The van der Waals surface area contributed by atoms with Crippen molar-refractivity contribution in [2.75, 3.05) is 13.7 Å². The number of carbonyl (C=O) groups is 1. The summed E-state index contributed by atoms with van der Waals surface area (Å²) in [6.07, 6.45) is 3.26. The molecule has 0 amide bonds. The summed E-state index contributed by atoms with van der Waals surface area (Å²) < 4.78 is 12.5. The second-order valence-corrected chi connectivity index (χ2v) is 16.7. The van der Waals surface area contributed by atoms with E-state index in [0.29, 0.717) is 18.8 Å². The van der Waals surface area contributed by atoms with Crippen LogP contribution in [0.4, 0.5) is 0 Å². The Balaban J connectivity index is 1.58. The van der Waals surface area contributed by atoms with Crippen LogP contribution in [0.5, 0.6) is 5.75 Å². The molecule has 0 unspecified atom stereocenters. The van der Waals surface area contributed by atoms with Crippen LogP contribution in [0.15, 0.2) is 91.5 Å². The Kier molecular flexibility index (Phi) is 8.39. The highest BCUT2D eigenvalue weighted by atomic mass is 28.4. The van der Waals surface area contributed by atoms with Gasteiger partial charge in [-0.25, -0.2) is 0 Å². The number of carbonyl (C=O) groups excluding carboxylic acids is 1. The predicted molar refractivity (Wildman–Crippen MR) is 165 cm³/mol. The van der Waals surface area contributed by atoms with Crippen LogP contribution in [-0.2, 0) is 9.22 Å². The third-order valence-electron chi connectivity index (χ3n) is 9.32. The number of benzene rings is 3. The van der Waals surface area contributed by atoms with Gasteiger partial charge in [0.25, 0.3) is 8.32 Å². The summed E-state index contributed by atoms with van der Waals surface area (Å²) >= 11 is 0. The van der Waals surface area contributed by atoms with Crippen LogP contribution in [-0.4, -0.2) is 27.8 Å². The number of Topliss-reactive ketones (excluding diaryl/α,β-unsaturated/α-hetero) is 1. The number of ether oxygens (including phenoxy) is 1. The number of methoxy groups -OCH3 is 1. The van der Waals surface area contributed by atoms with Gasteiger partial charge in [0.1, 0.15) is 11.5 Å². The third kappa shape index (κ3) is 5.17. The first kappa shape index (κ1) is 29.0. The Hall–Kier alpha value is -2.95. The summed E-state index contributed by atoms with van der Waals surface area (Å²) in [5.41, 5.74) is 1.11. The fourth-order valence-electron chi connectivity index (χ4n) is 6.66. The maximum atomic E-state index is 13.4. The second-order valence-electron chi connectivity index (χ2n) is 12.4. The summed E-state index contributed by atoms with van der Waals surface area (Å²) in [6.45, 7) is 16.4. The third-order valence-corrected chi connectivity index (χ3v) is 14.4. The Morgan fingerprint density at radius 1 is 0.897 bits per heavy atom. The van der Waals surface area contributed by atoms with Gasteiger partial charge in [0, 0.05) is 13.0 Å². The number of ketones is 1. The molecular formula is C35H44O3Si. The molecule has 206 valence electrons. The van der Waals surface area contributed by atoms with Crippen molar-refractivity contribution in [3.05, 3.63) is 97.1 Å². The highest BCUT2D eigenvalue weighted by Crippen LogP contribution is 2.59. The molecule has 1 saturated carbocycles. The van der Waals surface area contributed by atoms with Crippen molar-refractivity contribution < 1.29 is 14.0 Å². The molecule has 3 aromatic rings. The Labute approximate surface area is 236 Å². The van der Waals surface area contributed by atoms with Crippen molar-refractivity contribution in [1.82, 2.24) is 0 Å². The van der Waals surface area contributed by atoms with E-state index < -0.39 is 13.7 Å². The highest BCUT2D eigenvalue weighted by molar-refractivity contribution is 6.99. The monoisotopic (exact) mass is 540 g/mol. The summed E-state index contributed by atoms with van der Waals surface area (Å²) in [5, 5.41) is 2.53. The lowest BCUT2D eigenvalue weighted by atomic mass is 9.60. The lowest BCUT2D eigenvalue weighted by Gasteiger charge is -2.44. The van der Waals surface area contributed by atoms with Gasteiger partial charge in [0.2, 0.25) is 0 Å². The van der Waals surface area contributed by atoms with Crippen LogP contribution >= 0.6 is 0 Å². The van der Waals surface area contributed by atoms with E-state index >= 15 is 0 Å². The normalized spacial score (nSPS) is 21.6. The molecule has 1 fully saturated rings. The summed E-state index contributed by atoms with van der Waals surface area (Å²) in [5.74, 6) is 1.09. The zero-order valence-corrected chi connectivity index (χ0v) is 25.6. The van der Waals surface area contributed by atoms with Gasteiger partial charge >= 0.3 is 0 Å². The maximum Gasteiger partial charge on any atom is 0.261 e. The molecule has 39 heavy (non-hydrogen) atoms. The molecule has 3 aromatic carbocycles. The van der Waals surface area contributed by atoms with Crippen molar-refractivity contribution in [2.24, 2.45) is 10.8 Å². The molecule has 0 heterocycles. The smallest absolute Gasteiger partial charge is 0.261 e. The van der Waals surface area contributed by atoms with Crippen molar-refractivity contribution in [2.45, 2.75) is 65.3 Å². The first-order valence-electron chi connectivity index (χ1n) is 14.1. The van der Waals surface area contributed by atoms with Crippen LogP contribution < -0.4 is 15.1 Å². The van der Waals surface area contributed by atoms with Crippen LogP contribution in [0.25, 0.3) is 5.57 Å². The van der Waals surface area contributed by atoms with Crippen molar-refractivity contribution >= 4 is 30.0 Å². The first-order valence-corrected chi connectivity index (χ1v) is 16.0. The minimum absolute atomic E-state index is 0.0555. The van der Waals surface area contributed by atoms with E-state index in [1.165, 1.54) is 10.4 Å². The molecule has 0 spiro atoms. The molecule has 4 rings (SSSR count). The van der Waals surface area contributed by atoms with Crippen LogP contribution in [0.1, 0.15) is 65.9 Å². The summed E-state index contributed by atoms with van der Waals surface area (Å²) in [7, 11) is -0.915. The molecule has 0 saturated heterocycles. The SMILES string of the molecule is C=C(c1ccc(OC)cc1)[C@@]1(C)C(=O)CC[C@]1(C)CCCO[Si](c1ccccc1)(c1ccccc1)C(C)(C)C. The van der Waals surface area contributed by atoms with Gasteiger partial charge in [-0.1, -0.05) is 107 Å². The quantitative estimate of drug-likeness (QED) is 0.198. The molecule has 1 aliphatic rings. The molecule has 0 bridgehead atoms. The average molecular weight is 541 g/mol. The van der Waals surface area contributed by atoms with E-state index in [2.05, 4.69) is 102 Å². The zero-order valence-electron chi connectivity index (χ0n) is 24.6. The van der Waals surface area contributed by atoms with Crippen LogP contribution in [0.2, 0.25) is 5.04 Å². The van der Waals surface area contributed by atoms with Crippen molar-refractivity contribution in [3.8, 4) is 5.75 Å². The molecule has 3 nitrogen and oxygen atoms in total. The molecular weight excluding hydrogens is 496 g/mol. The fraction of sp³-hybridized carbons (Fsp3) is 0.400. The van der Waals surface area contributed by atoms with E-state index in [1.807, 2.05) is 24.3 Å². The van der Waals surface area contributed by atoms with Gasteiger partial charge in [-0.15, -0.1) is 0 Å². The fourth-order valence-corrected chi connectivity index (χ4v) is 11.3. The molecule has 1 aliphatic carbocycles. The standard InChI is InChI=1S/C35H44O3Si/c1-27(28-19-21-29(37-7)22-20-28)35(6)32(36)23-25-34(35,5)24-14-26-38-39(33(2,3)4,30-15-10-8-11-16-30)31-17-12-9-13-18-31/h8-13,15-22H,1,14,23-26H2,2-7H3/t34-,35-/m0/s1. The molecule has 0 aromatic heterocycles. The largest absolute Gasteiger partial charge is 0.497 e. The molecule has 0 radical (unpaired) electrons. The van der Waals surface area contributed by atoms with E-state index in [4.69, 9.17) is 9.16 Å². The number of rotatable bonds is 10. The van der Waals surface area contributed by atoms with Gasteiger partial charge < -0.3 is 9.16 Å². The molecule has 2 atom stereocenters. The summed E-state index contributed by atoms with van der Waals surface area (Å²) in [4.78, 5) is 13.4. The second kappa shape index (κ2) is 11.3. The summed E-state index contributed by atoms with van der Waals surface area (Å²) in [6, 6.07) is 29.5. The minimum atomic E-state index is -2.58. The van der Waals surface area contributed by atoms with E-state index in [-0.39, 0.29) is 10.5 Å². The predicted octanol–water partition coefficient (Wildman–Crippen LogP) is 7.44. The maximum absolute atomic E-state index is 13.4. The number of allylic oxidation sites excluding steroid dienone is 1. The van der Waals surface area contributed by atoms with Gasteiger partial charge in [0.05, 0.1) is 12.5 Å².